The maximum absolute atomic E-state index is 2.47. The van der Waals surface area contributed by atoms with Crippen molar-refractivity contribution in [3.05, 3.63) is 0 Å². The Labute approximate surface area is 77.7 Å². The van der Waals surface area contributed by atoms with Crippen molar-refractivity contribution < 1.29 is 0 Å². The van der Waals surface area contributed by atoms with Crippen LogP contribution >= 0.6 is 0 Å². The highest BCUT2D eigenvalue weighted by Gasteiger charge is 2.28. The van der Waals surface area contributed by atoms with E-state index in [1.165, 1.54) is 32.1 Å². The molecule has 3 unspecified atom stereocenters. The molecule has 1 aliphatic carbocycles. The lowest BCUT2D eigenvalue weighted by Crippen LogP contribution is -2.16. The third-order valence-corrected chi connectivity index (χ3v) is 3.74. The maximum Gasteiger partial charge on any atom is -0.0326 e. The van der Waals surface area contributed by atoms with Gasteiger partial charge < -0.3 is 0 Å². The summed E-state index contributed by atoms with van der Waals surface area (Å²) in [6, 6.07) is 0. The van der Waals surface area contributed by atoms with Crippen molar-refractivity contribution in [2.45, 2.75) is 59.8 Å². The van der Waals surface area contributed by atoms with Gasteiger partial charge in [0.2, 0.25) is 0 Å². The predicted molar refractivity (Wildman–Crippen MR) is 55.2 cm³/mol. The summed E-state index contributed by atoms with van der Waals surface area (Å²) in [5.74, 6) is 1.92. The summed E-state index contributed by atoms with van der Waals surface area (Å²) in [7, 11) is 0. The summed E-state index contributed by atoms with van der Waals surface area (Å²) in [6.07, 6.45) is 7.18. The SMILES string of the molecule is CCC1(C)CCC(C)CC(C)C1. The lowest BCUT2D eigenvalue weighted by molar-refractivity contribution is 0.236. The van der Waals surface area contributed by atoms with Crippen molar-refractivity contribution in [2.75, 3.05) is 0 Å². The summed E-state index contributed by atoms with van der Waals surface area (Å²) in [6.45, 7) is 9.66. The second-order valence-corrected chi connectivity index (χ2v) is 5.35. The molecule has 1 fully saturated rings. The molecule has 0 bridgehead atoms. The summed E-state index contributed by atoms with van der Waals surface area (Å²) >= 11 is 0. The zero-order chi connectivity index (χ0) is 9.19. The van der Waals surface area contributed by atoms with E-state index in [0.717, 1.165) is 11.8 Å². The highest BCUT2D eigenvalue weighted by atomic mass is 14.3. The summed E-state index contributed by atoms with van der Waals surface area (Å²) in [4.78, 5) is 0. The molecule has 0 N–H and O–H groups in total. The molecule has 0 aliphatic heterocycles. The van der Waals surface area contributed by atoms with E-state index >= 15 is 0 Å². The molecule has 1 rings (SSSR count). The van der Waals surface area contributed by atoms with Gasteiger partial charge in [-0.15, -0.1) is 0 Å². The third kappa shape index (κ3) is 2.50. The van der Waals surface area contributed by atoms with Crippen LogP contribution in [0.25, 0.3) is 0 Å². The van der Waals surface area contributed by atoms with Gasteiger partial charge in [0.15, 0.2) is 0 Å². The fraction of sp³-hybridized carbons (Fsp3) is 1.00. The first kappa shape index (κ1) is 10.1. The van der Waals surface area contributed by atoms with E-state index in [1.54, 1.807) is 0 Å². The van der Waals surface area contributed by atoms with Gasteiger partial charge in [0.1, 0.15) is 0 Å². The highest BCUT2D eigenvalue weighted by molar-refractivity contribution is 4.80. The number of hydrogen-bond acceptors (Lipinski definition) is 0. The van der Waals surface area contributed by atoms with Crippen LogP contribution in [0.2, 0.25) is 0 Å². The van der Waals surface area contributed by atoms with E-state index in [2.05, 4.69) is 27.7 Å². The molecule has 0 spiro atoms. The van der Waals surface area contributed by atoms with Gasteiger partial charge in [0.25, 0.3) is 0 Å². The van der Waals surface area contributed by atoms with Gasteiger partial charge in [-0.2, -0.15) is 0 Å². The van der Waals surface area contributed by atoms with Crippen LogP contribution in [0.3, 0.4) is 0 Å². The molecule has 0 aromatic carbocycles. The lowest BCUT2D eigenvalue weighted by Gasteiger charge is -2.28. The zero-order valence-corrected chi connectivity index (χ0v) is 9.19. The minimum Gasteiger partial charge on any atom is -0.0649 e. The Hall–Kier alpha value is 0. The second kappa shape index (κ2) is 3.81. The van der Waals surface area contributed by atoms with Crippen LogP contribution in [0.1, 0.15) is 59.8 Å². The summed E-state index contributed by atoms with van der Waals surface area (Å²) in [5.41, 5.74) is 0.657. The quantitative estimate of drug-likeness (QED) is 0.513. The van der Waals surface area contributed by atoms with Gasteiger partial charge in [0, 0.05) is 0 Å². The minimum atomic E-state index is 0.657. The molecule has 0 aromatic rings. The lowest BCUT2D eigenvalue weighted by atomic mass is 9.78. The molecule has 0 nitrogen and oxygen atoms in total. The van der Waals surface area contributed by atoms with Crippen LogP contribution in [0.15, 0.2) is 0 Å². The van der Waals surface area contributed by atoms with Crippen LogP contribution in [0.4, 0.5) is 0 Å². The zero-order valence-electron chi connectivity index (χ0n) is 9.19. The van der Waals surface area contributed by atoms with Crippen LogP contribution in [-0.4, -0.2) is 0 Å². The molecule has 0 heterocycles. The normalized spacial score (nSPS) is 44.0. The van der Waals surface area contributed by atoms with Crippen LogP contribution in [0, 0.1) is 17.3 Å². The van der Waals surface area contributed by atoms with Gasteiger partial charge in [-0.05, 0) is 36.5 Å². The molecule has 3 atom stereocenters. The Morgan fingerprint density at radius 3 is 2.50 bits per heavy atom. The van der Waals surface area contributed by atoms with Crippen LogP contribution in [0.5, 0.6) is 0 Å². The standard InChI is InChI=1S/C12H24/c1-5-12(4)7-6-10(2)8-11(3)9-12/h10-11H,5-9H2,1-4H3. The van der Waals surface area contributed by atoms with Crippen LogP contribution in [-0.2, 0) is 0 Å². The number of hydrogen-bond donors (Lipinski definition) is 0. The van der Waals surface area contributed by atoms with Crippen molar-refractivity contribution in [1.29, 1.82) is 0 Å². The Bertz CT molecular complexity index is 139. The topological polar surface area (TPSA) is 0 Å². The molecule has 0 heteroatoms. The van der Waals surface area contributed by atoms with Crippen molar-refractivity contribution >= 4 is 0 Å². The monoisotopic (exact) mass is 168 g/mol. The Morgan fingerprint density at radius 1 is 1.25 bits per heavy atom. The van der Waals surface area contributed by atoms with E-state index < -0.39 is 0 Å². The van der Waals surface area contributed by atoms with Gasteiger partial charge in [-0.3, -0.25) is 0 Å². The van der Waals surface area contributed by atoms with Gasteiger partial charge in [0.05, 0.1) is 0 Å². The molecular formula is C12H24. The van der Waals surface area contributed by atoms with E-state index in [-0.39, 0.29) is 0 Å². The first-order valence-corrected chi connectivity index (χ1v) is 5.56. The van der Waals surface area contributed by atoms with Gasteiger partial charge in [-0.1, -0.05) is 40.5 Å². The molecule has 1 aliphatic rings. The second-order valence-electron chi connectivity index (χ2n) is 5.35. The first-order chi connectivity index (χ1) is 5.56. The first-order valence-electron chi connectivity index (χ1n) is 5.56. The molecule has 0 radical (unpaired) electrons. The van der Waals surface area contributed by atoms with Crippen LogP contribution < -0.4 is 0 Å². The minimum absolute atomic E-state index is 0.657. The Morgan fingerprint density at radius 2 is 1.92 bits per heavy atom. The average molecular weight is 168 g/mol. The Kier molecular flexibility index (Phi) is 3.20. The van der Waals surface area contributed by atoms with Gasteiger partial charge in [-0.25, -0.2) is 0 Å². The van der Waals surface area contributed by atoms with Crippen molar-refractivity contribution in [3.63, 3.8) is 0 Å². The molecule has 0 saturated heterocycles. The van der Waals surface area contributed by atoms with E-state index in [4.69, 9.17) is 0 Å². The molecular weight excluding hydrogens is 144 g/mol. The molecule has 0 aromatic heterocycles. The Balaban J connectivity index is 2.57. The van der Waals surface area contributed by atoms with E-state index in [9.17, 15) is 0 Å². The fourth-order valence-corrected chi connectivity index (χ4v) is 2.75. The largest absolute Gasteiger partial charge is 0.0649 e. The third-order valence-electron chi connectivity index (χ3n) is 3.74. The molecule has 72 valence electrons. The van der Waals surface area contributed by atoms with Crippen molar-refractivity contribution in [2.24, 2.45) is 17.3 Å². The molecule has 12 heavy (non-hydrogen) atoms. The van der Waals surface area contributed by atoms with Crippen molar-refractivity contribution in [1.82, 2.24) is 0 Å². The van der Waals surface area contributed by atoms with E-state index in [1.807, 2.05) is 0 Å². The summed E-state index contributed by atoms with van der Waals surface area (Å²) < 4.78 is 0. The average Bonchev–Trinajstić information content (AvgIpc) is 2.11. The fourth-order valence-electron chi connectivity index (χ4n) is 2.75. The van der Waals surface area contributed by atoms with Gasteiger partial charge >= 0.3 is 0 Å². The smallest absolute Gasteiger partial charge is 0.0326 e. The maximum atomic E-state index is 2.47. The highest BCUT2D eigenvalue weighted by Crippen LogP contribution is 2.41. The molecule has 0 amide bonds. The van der Waals surface area contributed by atoms with E-state index in [0.29, 0.717) is 5.41 Å². The molecule has 1 saturated carbocycles. The van der Waals surface area contributed by atoms with Crippen molar-refractivity contribution in [3.8, 4) is 0 Å². The number of rotatable bonds is 1. The summed E-state index contributed by atoms with van der Waals surface area (Å²) in [5, 5.41) is 0. The predicted octanol–water partition coefficient (Wildman–Crippen LogP) is 4.25.